The number of urea groups is 1. The Labute approximate surface area is 164 Å². The summed E-state index contributed by atoms with van der Waals surface area (Å²) >= 11 is 0. The molecule has 0 unspecified atom stereocenters. The number of hydroxylamine groups is 2. The number of hydrogen-bond donors (Lipinski definition) is 4. The van der Waals surface area contributed by atoms with Gasteiger partial charge in [-0.1, -0.05) is 25.7 Å². The molecular weight excluding hydrogens is 368 g/mol. The lowest BCUT2D eigenvalue weighted by Gasteiger charge is -2.30. The van der Waals surface area contributed by atoms with E-state index in [1.54, 1.807) is 0 Å². The van der Waals surface area contributed by atoms with Crippen LogP contribution in [0.4, 0.5) is 4.79 Å². The van der Waals surface area contributed by atoms with E-state index < -0.39 is 23.9 Å². The molecule has 0 radical (unpaired) electrons. The quantitative estimate of drug-likeness (QED) is 0.242. The molecule has 5 amide bonds. The fraction of sp³-hybridized carbons (Fsp3) is 0.778. The Morgan fingerprint density at radius 3 is 2.54 bits per heavy atom. The number of aliphatic hydroxyl groups excluding tert-OH is 1. The molecule has 1 saturated heterocycles. The van der Waals surface area contributed by atoms with Crippen LogP contribution in [0.3, 0.4) is 0 Å². The normalized spacial score (nSPS) is 20.6. The summed E-state index contributed by atoms with van der Waals surface area (Å²) in [6.45, 7) is 0.0598. The van der Waals surface area contributed by atoms with Crippen LogP contribution in [0.15, 0.2) is 0 Å². The van der Waals surface area contributed by atoms with Gasteiger partial charge in [-0.2, -0.15) is 0 Å². The first-order valence-electron chi connectivity index (χ1n) is 9.87. The number of carbonyl (C=O) groups is 4. The highest BCUT2D eigenvalue weighted by Gasteiger charge is 2.39. The lowest BCUT2D eigenvalue weighted by Crippen LogP contribution is -2.52. The van der Waals surface area contributed by atoms with Crippen LogP contribution in [0.2, 0.25) is 0 Å². The summed E-state index contributed by atoms with van der Waals surface area (Å²) in [4.78, 5) is 49.5. The van der Waals surface area contributed by atoms with Crippen molar-refractivity contribution in [2.75, 3.05) is 26.2 Å². The number of carbonyl (C=O) groups excluding carboxylic acids is 4. The SMILES string of the molecule is O=CN(O)C[C@@H](CC1CCCC1)C(=O)N1CCC[C@H]1C(=O)NC(=O)NCCO. The second-order valence-electron chi connectivity index (χ2n) is 7.47. The number of nitrogens with one attached hydrogen (secondary N) is 2. The summed E-state index contributed by atoms with van der Waals surface area (Å²) in [5.74, 6) is -1.07. The molecule has 2 atom stereocenters. The van der Waals surface area contributed by atoms with Crippen LogP contribution in [-0.2, 0) is 14.4 Å². The third-order valence-corrected chi connectivity index (χ3v) is 5.44. The highest BCUT2D eigenvalue weighted by atomic mass is 16.5. The standard InChI is InChI=1S/C18H30N4O6/c23-9-7-19-18(27)20-16(25)15-6-3-8-22(15)17(26)14(11-21(28)12-24)10-13-4-1-2-5-13/h12-15,23,28H,1-11H2,(H2,19,20,25,27)/t14-,15+/m1/s1. The second kappa shape index (κ2) is 11.0. The molecule has 1 aliphatic carbocycles. The van der Waals surface area contributed by atoms with Gasteiger partial charge in [0.2, 0.25) is 12.3 Å². The minimum absolute atomic E-state index is 0.0217. The van der Waals surface area contributed by atoms with Crippen molar-refractivity contribution in [2.45, 2.75) is 51.0 Å². The van der Waals surface area contributed by atoms with Crippen LogP contribution in [0.5, 0.6) is 0 Å². The van der Waals surface area contributed by atoms with Crippen molar-refractivity contribution in [3.8, 4) is 0 Å². The Kier molecular flexibility index (Phi) is 8.65. The van der Waals surface area contributed by atoms with E-state index in [4.69, 9.17) is 5.11 Å². The van der Waals surface area contributed by atoms with E-state index >= 15 is 0 Å². The van der Waals surface area contributed by atoms with E-state index in [0.29, 0.717) is 36.8 Å². The third-order valence-electron chi connectivity index (χ3n) is 5.44. The second-order valence-corrected chi connectivity index (χ2v) is 7.47. The van der Waals surface area contributed by atoms with Crippen molar-refractivity contribution in [1.29, 1.82) is 0 Å². The van der Waals surface area contributed by atoms with Crippen molar-refractivity contribution in [3.05, 3.63) is 0 Å². The number of aliphatic hydroxyl groups is 1. The van der Waals surface area contributed by atoms with Crippen LogP contribution < -0.4 is 10.6 Å². The Morgan fingerprint density at radius 1 is 1.18 bits per heavy atom. The molecule has 0 spiro atoms. The molecule has 1 aliphatic heterocycles. The van der Waals surface area contributed by atoms with Crippen LogP contribution in [0.1, 0.15) is 44.9 Å². The zero-order chi connectivity index (χ0) is 20.5. The zero-order valence-electron chi connectivity index (χ0n) is 16.0. The predicted molar refractivity (Wildman–Crippen MR) is 98.0 cm³/mol. The highest BCUT2D eigenvalue weighted by Crippen LogP contribution is 2.32. The van der Waals surface area contributed by atoms with Crippen LogP contribution in [-0.4, -0.2) is 76.8 Å². The molecule has 0 aromatic heterocycles. The van der Waals surface area contributed by atoms with Gasteiger partial charge in [-0.15, -0.1) is 0 Å². The fourth-order valence-corrected chi connectivity index (χ4v) is 4.12. The van der Waals surface area contributed by atoms with Crippen molar-refractivity contribution in [1.82, 2.24) is 20.6 Å². The maximum absolute atomic E-state index is 13.1. The van der Waals surface area contributed by atoms with Crippen molar-refractivity contribution < 1.29 is 29.5 Å². The summed E-state index contributed by atoms with van der Waals surface area (Å²) < 4.78 is 0. The van der Waals surface area contributed by atoms with E-state index in [1.807, 2.05) is 0 Å². The van der Waals surface area contributed by atoms with E-state index in [9.17, 15) is 24.4 Å². The fourth-order valence-electron chi connectivity index (χ4n) is 4.12. The Bertz CT molecular complexity index is 566. The molecule has 0 aromatic rings. The topological polar surface area (TPSA) is 139 Å². The van der Waals surface area contributed by atoms with Gasteiger partial charge in [0.25, 0.3) is 5.91 Å². The Morgan fingerprint density at radius 2 is 1.89 bits per heavy atom. The number of rotatable bonds is 9. The largest absolute Gasteiger partial charge is 0.395 e. The van der Waals surface area contributed by atoms with Crippen LogP contribution in [0, 0.1) is 11.8 Å². The van der Waals surface area contributed by atoms with Crippen LogP contribution >= 0.6 is 0 Å². The van der Waals surface area contributed by atoms with Gasteiger partial charge in [0, 0.05) is 13.1 Å². The Hall–Kier alpha value is -2.20. The molecule has 4 N–H and O–H groups in total. The van der Waals surface area contributed by atoms with Crippen molar-refractivity contribution in [3.63, 3.8) is 0 Å². The minimum Gasteiger partial charge on any atom is -0.395 e. The van der Waals surface area contributed by atoms with Crippen molar-refractivity contribution in [2.24, 2.45) is 11.8 Å². The molecule has 28 heavy (non-hydrogen) atoms. The molecule has 0 aromatic carbocycles. The summed E-state index contributed by atoms with van der Waals surface area (Å²) in [6, 6.07) is -1.48. The molecule has 1 heterocycles. The third kappa shape index (κ3) is 6.16. The van der Waals surface area contributed by atoms with E-state index in [-0.39, 0.29) is 32.0 Å². The molecule has 10 nitrogen and oxygen atoms in total. The van der Waals surface area contributed by atoms with Gasteiger partial charge < -0.3 is 15.3 Å². The monoisotopic (exact) mass is 398 g/mol. The van der Waals surface area contributed by atoms with Gasteiger partial charge in [-0.25, -0.2) is 9.86 Å². The molecule has 158 valence electrons. The lowest BCUT2D eigenvalue weighted by atomic mass is 9.91. The molecule has 1 saturated carbocycles. The average Bonchev–Trinajstić information content (AvgIpc) is 3.36. The molecular formula is C18H30N4O6. The molecule has 2 fully saturated rings. The maximum atomic E-state index is 13.1. The Balaban J connectivity index is 2.02. The van der Waals surface area contributed by atoms with Crippen LogP contribution in [0.25, 0.3) is 0 Å². The lowest BCUT2D eigenvalue weighted by molar-refractivity contribution is -0.158. The molecule has 2 rings (SSSR count). The first kappa shape index (κ1) is 22.1. The predicted octanol–water partition coefficient (Wildman–Crippen LogP) is -0.160. The number of nitrogens with zero attached hydrogens (tertiary/aromatic N) is 2. The van der Waals surface area contributed by atoms with Gasteiger partial charge in [0.05, 0.1) is 19.1 Å². The van der Waals surface area contributed by atoms with E-state index in [2.05, 4.69) is 10.6 Å². The number of likely N-dealkylation sites (tertiary alicyclic amines) is 1. The van der Waals surface area contributed by atoms with Crippen molar-refractivity contribution >= 4 is 24.3 Å². The van der Waals surface area contributed by atoms with E-state index in [1.165, 1.54) is 4.90 Å². The summed E-state index contributed by atoms with van der Waals surface area (Å²) in [6.07, 6.45) is 6.17. The van der Waals surface area contributed by atoms with Gasteiger partial charge in [0.15, 0.2) is 0 Å². The zero-order valence-corrected chi connectivity index (χ0v) is 16.0. The first-order valence-corrected chi connectivity index (χ1v) is 9.87. The summed E-state index contributed by atoms with van der Waals surface area (Å²) in [5, 5.41) is 23.3. The molecule has 0 bridgehead atoms. The van der Waals surface area contributed by atoms with Gasteiger partial charge in [-0.05, 0) is 25.2 Å². The number of amides is 5. The van der Waals surface area contributed by atoms with Gasteiger partial charge in [-0.3, -0.25) is 24.9 Å². The van der Waals surface area contributed by atoms with Gasteiger partial charge >= 0.3 is 6.03 Å². The van der Waals surface area contributed by atoms with E-state index in [0.717, 1.165) is 25.7 Å². The number of imide groups is 1. The smallest absolute Gasteiger partial charge is 0.321 e. The molecule has 2 aliphatic rings. The highest BCUT2D eigenvalue weighted by molar-refractivity contribution is 5.99. The summed E-state index contributed by atoms with van der Waals surface area (Å²) in [7, 11) is 0. The maximum Gasteiger partial charge on any atom is 0.321 e. The van der Waals surface area contributed by atoms with Gasteiger partial charge in [0.1, 0.15) is 6.04 Å². The molecule has 10 heteroatoms. The number of hydrogen-bond acceptors (Lipinski definition) is 6. The summed E-state index contributed by atoms with van der Waals surface area (Å²) in [5.41, 5.74) is 0. The first-order chi connectivity index (χ1) is 13.5. The average molecular weight is 398 g/mol. The minimum atomic E-state index is -0.762.